The Kier molecular flexibility index (Phi) is 3.00. The van der Waals surface area contributed by atoms with Gasteiger partial charge in [-0.1, -0.05) is 0 Å². The van der Waals surface area contributed by atoms with Crippen LogP contribution in [0.3, 0.4) is 0 Å². The monoisotopic (exact) mass is 368 g/mol. The Balaban J connectivity index is 2.32. The standard InChI is InChI=1S/C10H4ClF3N4O4S/c11-9(12)10(13,14)22-7-2-5-4(1-6(7)21-9)17-8(3-15)18(5)23(16,19)20/h1-2H,(H2,16,19,20). The maximum Gasteiger partial charge on any atom is 0.488 e. The summed E-state index contributed by atoms with van der Waals surface area (Å²) in [5.74, 6) is -1.89. The first kappa shape index (κ1) is 15.7. The molecule has 0 bridgehead atoms. The molecule has 1 unspecified atom stereocenters. The van der Waals surface area contributed by atoms with Crippen LogP contribution in [0.4, 0.5) is 13.2 Å². The van der Waals surface area contributed by atoms with Crippen LogP contribution in [0.5, 0.6) is 11.5 Å². The molecular formula is C10H4ClF3N4O4S. The lowest BCUT2D eigenvalue weighted by atomic mass is 10.2. The van der Waals surface area contributed by atoms with Crippen molar-refractivity contribution >= 4 is 32.8 Å². The number of halogens is 4. The fraction of sp³-hybridized carbons (Fsp3) is 0.200. The molecule has 1 atom stereocenters. The predicted molar refractivity (Wildman–Crippen MR) is 68.8 cm³/mol. The van der Waals surface area contributed by atoms with Crippen LogP contribution in [0, 0.1) is 11.3 Å². The van der Waals surface area contributed by atoms with Gasteiger partial charge in [-0.05, 0) is 11.6 Å². The van der Waals surface area contributed by atoms with Crippen LogP contribution in [0.25, 0.3) is 11.0 Å². The number of rotatable bonds is 1. The lowest BCUT2D eigenvalue weighted by Gasteiger charge is -2.33. The average molecular weight is 369 g/mol. The Labute approximate surface area is 130 Å². The molecule has 1 aromatic heterocycles. The van der Waals surface area contributed by atoms with Crippen LogP contribution in [0.1, 0.15) is 5.82 Å². The fourth-order valence-electron chi connectivity index (χ4n) is 1.95. The van der Waals surface area contributed by atoms with E-state index in [0.717, 1.165) is 12.1 Å². The molecular weight excluding hydrogens is 365 g/mol. The number of fused-ring (bicyclic) bond motifs is 2. The Morgan fingerprint density at radius 2 is 1.91 bits per heavy atom. The average Bonchev–Trinajstić information content (AvgIpc) is 2.74. The molecule has 2 aromatic rings. The normalized spacial score (nSPS) is 22.8. The van der Waals surface area contributed by atoms with E-state index >= 15 is 0 Å². The van der Waals surface area contributed by atoms with E-state index in [2.05, 4.69) is 14.5 Å². The summed E-state index contributed by atoms with van der Waals surface area (Å²) in [5, 5.41) is 9.89. The molecule has 0 fully saturated rings. The maximum absolute atomic E-state index is 13.5. The molecule has 0 aliphatic carbocycles. The van der Waals surface area contributed by atoms with E-state index in [1.807, 2.05) is 0 Å². The van der Waals surface area contributed by atoms with E-state index in [-0.39, 0.29) is 11.0 Å². The highest BCUT2D eigenvalue weighted by molar-refractivity contribution is 7.87. The molecule has 1 aromatic carbocycles. The summed E-state index contributed by atoms with van der Waals surface area (Å²) < 4.78 is 72.2. The van der Waals surface area contributed by atoms with E-state index in [0.29, 0.717) is 3.97 Å². The number of hydrogen-bond acceptors (Lipinski definition) is 6. The van der Waals surface area contributed by atoms with Gasteiger partial charge in [0.25, 0.3) is 0 Å². The van der Waals surface area contributed by atoms with Crippen molar-refractivity contribution in [2.75, 3.05) is 0 Å². The molecule has 0 radical (unpaired) electrons. The quantitative estimate of drug-likeness (QED) is 0.755. The first-order chi connectivity index (χ1) is 10.5. The zero-order valence-electron chi connectivity index (χ0n) is 10.6. The molecule has 23 heavy (non-hydrogen) atoms. The molecule has 3 rings (SSSR count). The van der Waals surface area contributed by atoms with Crippen molar-refractivity contribution in [1.82, 2.24) is 8.96 Å². The summed E-state index contributed by atoms with van der Waals surface area (Å²) >= 11 is 4.92. The number of imidazole rings is 1. The molecule has 8 nitrogen and oxygen atoms in total. The first-order valence-corrected chi connectivity index (χ1v) is 7.48. The topological polar surface area (TPSA) is 120 Å². The van der Waals surface area contributed by atoms with Gasteiger partial charge in [0.05, 0.1) is 11.0 Å². The minimum atomic E-state index is -4.54. The number of ether oxygens (including phenoxy) is 2. The van der Waals surface area contributed by atoms with Gasteiger partial charge in [0.1, 0.15) is 6.07 Å². The largest absolute Gasteiger partial charge is 0.488 e. The van der Waals surface area contributed by atoms with Gasteiger partial charge in [-0.15, -0.1) is 0 Å². The summed E-state index contributed by atoms with van der Waals surface area (Å²) in [5.41, 5.74) is -0.515. The van der Waals surface area contributed by atoms with Gasteiger partial charge >= 0.3 is 21.6 Å². The second-order valence-corrected chi connectivity index (χ2v) is 6.26. The molecule has 122 valence electrons. The minimum Gasteiger partial charge on any atom is -0.434 e. The van der Waals surface area contributed by atoms with Gasteiger partial charge in [-0.25, -0.2) is 10.1 Å². The lowest BCUT2D eigenvalue weighted by Crippen LogP contribution is -2.51. The third-order valence-corrected chi connectivity index (χ3v) is 4.02. The summed E-state index contributed by atoms with van der Waals surface area (Å²) in [7, 11) is -4.46. The molecule has 1 aliphatic heterocycles. The van der Waals surface area contributed by atoms with E-state index in [4.69, 9.17) is 22.0 Å². The van der Waals surface area contributed by atoms with Crippen LogP contribution in [-0.4, -0.2) is 28.8 Å². The molecule has 13 heteroatoms. The van der Waals surface area contributed by atoms with Crippen molar-refractivity contribution in [3.63, 3.8) is 0 Å². The van der Waals surface area contributed by atoms with Crippen LogP contribution < -0.4 is 14.6 Å². The van der Waals surface area contributed by atoms with Gasteiger partial charge in [0.15, 0.2) is 11.5 Å². The molecule has 2 heterocycles. The zero-order valence-corrected chi connectivity index (χ0v) is 12.2. The predicted octanol–water partition coefficient (Wildman–Crippen LogP) is 1.19. The Morgan fingerprint density at radius 1 is 1.30 bits per heavy atom. The van der Waals surface area contributed by atoms with E-state index in [9.17, 15) is 21.6 Å². The Hall–Kier alpha value is -2.23. The van der Waals surface area contributed by atoms with Crippen LogP contribution >= 0.6 is 11.6 Å². The minimum absolute atomic E-state index is 0.185. The van der Waals surface area contributed by atoms with Crippen molar-refractivity contribution in [3.05, 3.63) is 18.0 Å². The molecule has 1 aliphatic rings. The van der Waals surface area contributed by atoms with E-state index in [1.54, 1.807) is 0 Å². The fourth-order valence-corrected chi connectivity index (χ4v) is 2.81. The zero-order chi connectivity index (χ0) is 17.2. The van der Waals surface area contributed by atoms with Crippen LogP contribution in [0.15, 0.2) is 12.1 Å². The number of nitrogens with zero attached hydrogens (tertiary/aromatic N) is 3. The molecule has 0 spiro atoms. The number of alkyl halides is 4. The number of nitriles is 1. The van der Waals surface area contributed by atoms with Gasteiger partial charge in [0.2, 0.25) is 5.82 Å². The lowest BCUT2D eigenvalue weighted by molar-refractivity contribution is -0.303. The second-order valence-electron chi connectivity index (χ2n) is 4.38. The van der Waals surface area contributed by atoms with Crippen LogP contribution in [-0.2, 0) is 10.2 Å². The van der Waals surface area contributed by atoms with Crippen molar-refractivity contribution in [1.29, 1.82) is 5.26 Å². The maximum atomic E-state index is 13.5. The number of benzene rings is 1. The van der Waals surface area contributed by atoms with Gasteiger partial charge in [-0.2, -0.15) is 30.8 Å². The highest BCUT2D eigenvalue weighted by atomic mass is 35.5. The molecule has 0 saturated heterocycles. The third-order valence-electron chi connectivity index (χ3n) is 2.85. The van der Waals surface area contributed by atoms with Gasteiger partial charge in [0, 0.05) is 12.1 Å². The van der Waals surface area contributed by atoms with Crippen molar-refractivity contribution in [2.45, 2.75) is 11.4 Å². The Bertz CT molecular complexity index is 982. The second kappa shape index (κ2) is 4.40. The Morgan fingerprint density at radius 3 is 2.48 bits per heavy atom. The summed E-state index contributed by atoms with van der Waals surface area (Å²) in [6.45, 7) is 0. The highest BCUT2D eigenvalue weighted by Gasteiger charge is 2.63. The SMILES string of the molecule is N#Cc1nc2cc3c(cc2n1S(N)(=O)=O)OC(F)(F)C(F)(Cl)O3. The summed E-state index contributed by atoms with van der Waals surface area (Å²) in [4.78, 5) is 3.64. The first-order valence-electron chi connectivity index (χ1n) is 5.60. The van der Waals surface area contributed by atoms with Crippen molar-refractivity contribution in [2.24, 2.45) is 5.14 Å². The number of aromatic nitrogens is 2. The van der Waals surface area contributed by atoms with Crippen molar-refractivity contribution in [3.8, 4) is 17.6 Å². The molecule has 0 amide bonds. The van der Waals surface area contributed by atoms with Crippen molar-refractivity contribution < 1.29 is 31.1 Å². The highest BCUT2D eigenvalue weighted by Crippen LogP contribution is 2.49. The van der Waals surface area contributed by atoms with Gasteiger partial charge in [-0.3, -0.25) is 0 Å². The van der Waals surface area contributed by atoms with E-state index < -0.39 is 39.0 Å². The molecule has 0 saturated carbocycles. The number of nitrogens with two attached hydrogens (primary N) is 1. The van der Waals surface area contributed by atoms with Crippen LogP contribution in [0.2, 0.25) is 0 Å². The van der Waals surface area contributed by atoms with Gasteiger partial charge < -0.3 is 9.47 Å². The van der Waals surface area contributed by atoms with E-state index in [1.165, 1.54) is 6.07 Å². The summed E-state index contributed by atoms with van der Waals surface area (Å²) in [6.07, 6.45) is -4.54. The molecule has 2 N–H and O–H groups in total. The number of hydrogen-bond donors (Lipinski definition) is 1. The summed E-state index contributed by atoms with van der Waals surface area (Å²) in [6, 6.07) is 3.13. The third kappa shape index (κ3) is 2.24. The smallest absolute Gasteiger partial charge is 0.434 e.